The highest BCUT2D eigenvalue weighted by molar-refractivity contribution is 5.96. The first-order valence-corrected chi connectivity index (χ1v) is 8.19. The molecule has 0 saturated carbocycles. The van der Waals surface area contributed by atoms with Crippen LogP contribution in [0.25, 0.3) is 0 Å². The Kier molecular flexibility index (Phi) is 5.85. The zero-order chi connectivity index (χ0) is 18.4. The Hall–Kier alpha value is -2.76. The van der Waals surface area contributed by atoms with Crippen LogP contribution in [0, 0.1) is 6.92 Å². The Morgan fingerprint density at radius 2 is 1.72 bits per heavy atom. The van der Waals surface area contributed by atoms with Gasteiger partial charge in [0.15, 0.2) is 0 Å². The van der Waals surface area contributed by atoms with Gasteiger partial charge in [0, 0.05) is 17.5 Å². The van der Waals surface area contributed by atoms with Crippen LogP contribution < -0.4 is 10.6 Å². The van der Waals surface area contributed by atoms with Gasteiger partial charge < -0.3 is 10.6 Å². The van der Waals surface area contributed by atoms with Crippen molar-refractivity contribution in [2.45, 2.75) is 39.7 Å². The zero-order valence-electron chi connectivity index (χ0n) is 15.1. The maximum atomic E-state index is 12.1. The van der Waals surface area contributed by atoms with Crippen molar-refractivity contribution in [3.8, 4) is 0 Å². The molecule has 6 heteroatoms. The van der Waals surface area contributed by atoms with Crippen molar-refractivity contribution in [1.82, 2.24) is 20.6 Å². The van der Waals surface area contributed by atoms with Crippen molar-refractivity contribution < 1.29 is 9.59 Å². The third kappa shape index (κ3) is 5.67. The first-order chi connectivity index (χ1) is 11.8. The maximum Gasteiger partial charge on any atom is 0.251 e. The highest BCUT2D eigenvalue weighted by atomic mass is 16.2. The molecular weight excluding hydrogens is 316 g/mol. The summed E-state index contributed by atoms with van der Waals surface area (Å²) in [5, 5.41) is 5.30. The van der Waals surface area contributed by atoms with E-state index in [2.05, 4.69) is 41.4 Å². The summed E-state index contributed by atoms with van der Waals surface area (Å²) in [6.07, 6.45) is 1.65. The van der Waals surface area contributed by atoms with E-state index in [-0.39, 0.29) is 30.3 Å². The van der Waals surface area contributed by atoms with Gasteiger partial charge in [0.25, 0.3) is 5.91 Å². The zero-order valence-corrected chi connectivity index (χ0v) is 15.1. The lowest BCUT2D eigenvalue weighted by Crippen LogP contribution is -2.36. The average molecular weight is 340 g/mol. The molecule has 1 heterocycles. The van der Waals surface area contributed by atoms with E-state index in [1.807, 2.05) is 19.1 Å². The number of hydrogen-bond donors (Lipinski definition) is 2. The molecule has 2 rings (SSSR count). The monoisotopic (exact) mass is 340 g/mol. The van der Waals surface area contributed by atoms with Crippen molar-refractivity contribution in [2.24, 2.45) is 0 Å². The molecular formula is C19H24N4O2. The lowest BCUT2D eigenvalue weighted by atomic mass is 9.87. The van der Waals surface area contributed by atoms with E-state index >= 15 is 0 Å². The van der Waals surface area contributed by atoms with Crippen LogP contribution in [0.5, 0.6) is 0 Å². The van der Waals surface area contributed by atoms with E-state index in [9.17, 15) is 9.59 Å². The van der Waals surface area contributed by atoms with Gasteiger partial charge >= 0.3 is 0 Å². The fourth-order valence-electron chi connectivity index (χ4n) is 2.21. The van der Waals surface area contributed by atoms with Gasteiger partial charge in [0.2, 0.25) is 5.91 Å². The van der Waals surface area contributed by atoms with Crippen LogP contribution in [-0.2, 0) is 16.8 Å². The van der Waals surface area contributed by atoms with Gasteiger partial charge in [-0.25, -0.2) is 9.97 Å². The first kappa shape index (κ1) is 18.6. The number of nitrogens with zero attached hydrogens (tertiary/aromatic N) is 2. The largest absolute Gasteiger partial charge is 0.347 e. The quantitative estimate of drug-likeness (QED) is 0.873. The molecule has 0 spiro atoms. The summed E-state index contributed by atoms with van der Waals surface area (Å²) in [4.78, 5) is 32.2. The van der Waals surface area contributed by atoms with Gasteiger partial charge in [-0.3, -0.25) is 9.59 Å². The van der Waals surface area contributed by atoms with Gasteiger partial charge in [-0.1, -0.05) is 32.9 Å². The molecule has 132 valence electrons. The Morgan fingerprint density at radius 1 is 1.04 bits per heavy atom. The van der Waals surface area contributed by atoms with E-state index in [0.717, 1.165) is 11.3 Å². The first-order valence-electron chi connectivity index (χ1n) is 8.19. The fourth-order valence-corrected chi connectivity index (χ4v) is 2.21. The molecule has 0 aliphatic carbocycles. The average Bonchev–Trinajstić information content (AvgIpc) is 2.57. The van der Waals surface area contributed by atoms with Crippen LogP contribution in [0.4, 0.5) is 0 Å². The SMILES string of the molecule is Cc1ccnc(CNC(=O)CNC(=O)c2ccc(C(C)(C)C)cc2)n1. The number of benzene rings is 1. The lowest BCUT2D eigenvalue weighted by molar-refractivity contribution is -0.120. The van der Waals surface area contributed by atoms with Crippen molar-refractivity contribution in [3.63, 3.8) is 0 Å². The van der Waals surface area contributed by atoms with Gasteiger partial charge in [-0.2, -0.15) is 0 Å². The van der Waals surface area contributed by atoms with Crippen molar-refractivity contribution in [1.29, 1.82) is 0 Å². The van der Waals surface area contributed by atoms with Crippen LogP contribution in [0.3, 0.4) is 0 Å². The third-order valence-corrected chi connectivity index (χ3v) is 3.71. The minimum atomic E-state index is -0.287. The number of rotatable bonds is 5. The summed E-state index contributed by atoms with van der Waals surface area (Å²) >= 11 is 0. The Balaban J connectivity index is 1.82. The van der Waals surface area contributed by atoms with Crippen LogP contribution in [-0.4, -0.2) is 28.3 Å². The number of amides is 2. The smallest absolute Gasteiger partial charge is 0.251 e. The minimum absolute atomic E-state index is 0.0345. The molecule has 0 radical (unpaired) electrons. The number of aryl methyl sites for hydroxylation is 1. The van der Waals surface area contributed by atoms with E-state index < -0.39 is 0 Å². The molecule has 0 aliphatic rings. The molecule has 0 unspecified atom stereocenters. The third-order valence-electron chi connectivity index (χ3n) is 3.71. The second-order valence-corrected chi connectivity index (χ2v) is 6.90. The van der Waals surface area contributed by atoms with Crippen LogP contribution in [0.1, 0.15) is 48.2 Å². The number of carbonyl (C=O) groups excluding carboxylic acids is 2. The lowest BCUT2D eigenvalue weighted by Gasteiger charge is -2.19. The molecule has 0 atom stereocenters. The summed E-state index contributed by atoms with van der Waals surface area (Å²) in [6, 6.07) is 9.20. The molecule has 6 nitrogen and oxygen atoms in total. The summed E-state index contributed by atoms with van der Waals surface area (Å²) in [5.41, 5.74) is 2.56. The van der Waals surface area contributed by atoms with Gasteiger partial charge in [-0.05, 0) is 36.1 Å². The van der Waals surface area contributed by atoms with Gasteiger partial charge in [0.1, 0.15) is 5.82 Å². The van der Waals surface area contributed by atoms with Crippen molar-refractivity contribution >= 4 is 11.8 Å². The predicted octanol–water partition coefficient (Wildman–Crippen LogP) is 2.13. The molecule has 1 aromatic heterocycles. The molecule has 2 amide bonds. The van der Waals surface area contributed by atoms with E-state index in [1.165, 1.54) is 0 Å². The Labute approximate surface area is 148 Å². The van der Waals surface area contributed by atoms with Crippen LogP contribution in [0.15, 0.2) is 36.5 Å². The van der Waals surface area contributed by atoms with E-state index in [0.29, 0.717) is 11.4 Å². The second-order valence-electron chi connectivity index (χ2n) is 6.90. The van der Waals surface area contributed by atoms with E-state index in [1.54, 1.807) is 24.4 Å². The molecule has 0 fully saturated rings. The molecule has 2 aromatic rings. The Morgan fingerprint density at radius 3 is 2.32 bits per heavy atom. The number of hydrogen-bond acceptors (Lipinski definition) is 4. The molecule has 1 aromatic carbocycles. The summed E-state index contributed by atoms with van der Waals surface area (Å²) < 4.78 is 0. The summed E-state index contributed by atoms with van der Waals surface area (Å²) in [7, 11) is 0. The van der Waals surface area contributed by atoms with E-state index in [4.69, 9.17) is 0 Å². The summed E-state index contributed by atoms with van der Waals surface area (Å²) in [6.45, 7) is 8.35. The van der Waals surface area contributed by atoms with Crippen molar-refractivity contribution in [3.05, 3.63) is 59.2 Å². The number of carbonyl (C=O) groups is 2. The molecule has 25 heavy (non-hydrogen) atoms. The second kappa shape index (κ2) is 7.88. The molecule has 2 N–H and O–H groups in total. The van der Waals surface area contributed by atoms with Crippen LogP contribution in [0.2, 0.25) is 0 Å². The fraction of sp³-hybridized carbons (Fsp3) is 0.368. The number of nitrogens with one attached hydrogen (secondary N) is 2. The molecule has 0 bridgehead atoms. The normalized spacial score (nSPS) is 11.0. The van der Waals surface area contributed by atoms with Crippen molar-refractivity contribution in [2.75, 3.05) is 6.54 Å². The molecule has 0 saturated heterocycles. The minimum Gasteiger partial charge on any atom is -0.347 e. The van der Waals surface area contributed by atoms with Gasteiger partial charge in [-0.15, -0.1) is 0 Å². The topological polar surface area (TPSA) is 84.0 Å². The van der Waals surface area contributed by atoms with Gasteiger partial charge in [0.05, 0.1) is 13.1 Å². The standard InChI is InChI=1S/C19H24N4O2/c1-13-9-10-20-16(23-13)11-21-17(24)12-22-18(25)14-5-7-15(8-6-14)19(2,3)4/h5-10H,11-12H2,1-4H3,(H,21,24)(H,22,25). The predicted molar refractivity (Wildman–Crippen MR) is 96.1 cm³/mol. The molecule has 0 aliphatic heterocycles. The maximum absolute atomic E-state index is 12.1. The highest BCUT2D eigenvalue weighted by Gasteiger charge is 2.14. The Bertz CT molecular complexity index is 749. The number of aromatic nitrogens is 2. The summed E-state index contributed by atoms with van der Waals surface area (Å²) in [5.74, 6) is -0.0235. The van der Waals surface area contributed by atoms with Crippen LogP contribution >= 0.6 is 0 Å². The highest BCUT2D eigenvalue weighted by Crippen LogP contribution is 2.22.